The normalized spacial score (nSPS) is 22.4. The highest BCUT2D eigenvalue weighted by Crippen LogP contribution is 2.19. The third kappa shape index (κ3) is 3.95. The fourth-order valence-electron chi connectivity index (χ4n) is 2.48. The molecule has 2 aliphatic rings. The Bertz CT molecular complexity index is 281. The van der Waals surface area contributed by atoms with Crippen molar-refractivity contribution < 1.29 is 4.79 Å². The number of hydrogen-bond donors (Lipinski definition) is 2. The molecule has 1 amide bonds. The second kappa shape index (κ2) is 6.34. The summed E-state index contributed by atoms with van der Waals surface area (Å²) in [6, 6.07) is 0.786. The van der Waals surface area contributed by atoms with E-state index in [9.17, 15) is 4.79 Å². The topological polar surface area (TPSA) is 41.1 Å². The van der Waals surface area contributed by atoms with E-state index in [0.29, 0.717) is 17.1 Å². The van der Waals surface area contributed by atoms with E-state index in [2.05, 4.69) is 10.6 Å². The van der Waals surface area contributed by atoms with Crippen molar-refractivity contribution in [2.45, 2.75) is 69.9 Å². The van der Waals surface area contributed by atoms with Gasteiger partial charge in [-0.3, -0.25) is 4.79 Å². The van der Waals surface area contributed by atoms with Crippen LogP contribution in [0.3, 0.4) is 0 Å². The van der Waals surface area contributed by atoms with Crippen LogP contribution in [0.1, 0.15) is 57.8 Å². The van der Waals surface area contributed by atoms with E-state index >= 15 is 0 Å². The lowest BCUT2D eigenvalue weighted by Crippen LogP contribution is -2.48. The van der Waals surface area contributed by atoms with Gasteiger partial charge in [-0.2, -0.15) is 0 Å². The molecule has 2 N–H and O–H groups in total. The Morgan fingerprint density at radius 3 is 1.88 bits per heavy atom. The number of thiocarbonyl (C=S) groups is 1. The van der Waals surface area contributed by atoms with Gasteiger partial charge in [0, 0.05) is 12.1 Å². The summed E-state index contributed by atoms with van der Waals surface area (Å²) in [5, 5.41) is 6.21. The third-order valence-corrected chi connectivity index (χ3v) is 4.14. The lowest BCUT2D eigenvalue weighted by molar-refractivity contribution is -0.115. The number of carbonyl (C=O) groups is 1. The van der Waals surface area contributed by atoms with Crippen LogP contribution in [-0.2, 0) is 4.79 Å². The van der Waals surface area contributed by atoms with Crippen molar-refractivity contribution in [3.8, 4) is 0 Å². The van der Waals surface area contributed by atoms with Gasteiger partial charge >= 0.3 is 0 Å². The van der Waals surface area contributed by atoms with Gasteiger partial charge in [0.1, 0.15) is 0 Å². The van der Waals surface area contributed by atoms with Crippen molar-refractivity contribution in [2.24, 2.45) is 0 Å². The first-order valence-electron chi connectivity index (χ1n) is 6.87. The molecule has 4 heteroatoms. The molecule has 0 saturated heterocycles. The van der Waals surface area contributed by atoms with Crippen LogP contribution in [0.15, 0.2) is 0 Å². The van der Waals surface area contributed by atoms with Crippen LogP contribution in [0.4, 0.5) is 0 Å². The van der Waals surface area contributed by atoms with Crippen molar-refractivity contribution in [2.75, 3.05) is 0 Å². The molecule has 2 rings (SSSR count). The van der Waals surface area contributed by atoms with Crippen LogP contribution in [0, 0.1) is 0 Å². The Balaban J connectivity index is 1.72. The van der Waals surface area contributed by atoms with Crippen molar-refractivity contribution in [3.63, 3.8) is 0 Å². The first kappa shape index (κ1) is 12.8. The maximum absolute atomic E-state index is 11.9. The molecular formula is C13H22N2OS. The Morgan fingerprint density at radius 1 is 0.824 bits per heavy atom. The fourth-order valence-corrected chi connectivity index (χ4v) is 2.70. The quantitative estimate of drug-likeness (QED) is 0.587. The Hall–Kier alpha value is -0.640. The molecule has 96 valence electrons. The molecule has 0 bridgehead atoms. The van der Waals surface area contributed by atoms with Gasteiger partial charge in [-0.1, -0.05) is 37.9 Å². The van der Waals surface area contributed by atoms with Gasteiger partial charge in [-0.15, -0.1) is 0 Å². The molecule has 3 nitrogen and oxygen atoms in total. The predicted molar refractivity (Wildman–Crippen MR) is 73.0 cm³/mol. The summed E-state index contributed by atoms with van der Waals surface area (Å²) in [5.74, 6) is -0.0706. The van der Waals surface area contributed by atoms with Crippen LogP contribution in [0.25, 0.3) is 0 Å². The summed E-state index contributed by atoms with van der Waals surface area (Å²) in [5.41, 5.74) is 0. The second-order valence-electron chi connectivity index (χ2n) is 5.26. The smallest absolute Gasteiger partial charge is 0.278 e. The van der Waals surface area contributed by atoms with E-state index in [1.54, 1.807) is 0 Å². The van der Waals surface area contributed by atoms with E-state index in [0.717, 1.165) is 25.7 Å². The van der Waals surface area contributed by atoms with Crippen LogP contribution in [-0.4, -0.2) is 23.0 Å². The molecule has 2 saturated carbocycles. The fraction of sp³-hybridized carbons (Fsp3) is 0.846. The summed E-state index contributed by atoms with van der Waals surface area (Å²) in [7, 11) is 0. The van der Waals surface area contributed by atoms with Crippen molar-refractivity contribution >= 4 is 23.1 Å². The van der Waals surface area contributed by atoms with Gasteiger partial charge < -0.3 is 10.6 Å². The zero-order chi connectivity index (χ0) is 12.1. The highest BCUT2D eigenvalue weighted by molar-refractivity contribution is 7.82. The molecule has 0 radical (unpaired) electrons. The number of hydrogen-bond acceptors (Lipinski definition) is 2. The highest BCUT2D eigenvalue weighted by Gasteiger charge is 2.22. The summed E-state index contributed by atoms with van der Waals surface area (Å²) >= 11 is 5.13. The molecular weight excluding hydrogens is 232 g/mol. The van der Waals surface area contributed by atoms with Crippen LogP contribution >= 0.6 is 12.2 Å². The first-order chi connectivity index (χ1) is 8.25. The van der Waals surface area contributed by atoms with Crippen LogP contribution in [0.5, 0.6) is 0 Å². The minimum absolute atomic E-state index is 0.0706. The SMILES string of the molecule is O=C(NC1CCCCCC1)C(=S)NC1CCC1. The highest BCUT2D eigenvalue weighted by atomic mass is 32.1. The number of amides is 1. The van der Waals surface area contributed by atoms with Gasteiger partial charge in [-0.25, -0.2) is 0 Å². The van der Waals surface area contributed by atoms with Gasteiger partial charge in [0.2, 0.25) is 0 Å². The van der Waals surface area contributed by atoms with E-state index in [4.69, 9.17) is 12.2 Å². The summed E-state index contributed by atoms with van der Waals surface area (Å²) in [6.45, 7) is 0. The van der Waals surface area contributed by atoms with Crippen molar-refractivity contribution in [3.05, 3.63) is 0 Å². The molecule has 0 heterocycles. The number of nitrogens with one attached hydrogen (secondary N) is 2. The van der Waals surface area contributed by atoms with E-state index in [1.165, 1.54) is 32.1 Å². The molecule has 0 aliphatic heterocycles. The van der Waals surface area contributed by atoms with Crippen molar-refractivity contribution in [1.82, 2.24) is 10.6 Å². The van der Waals surface area contributed by atoms with Gasteiger partial charge in [-0.05, 0) is 32.1 Å². The monoisotopic (exact) mass is 254 g/mol. The lowest BCUT2D eigenvalue weighted by Gasteiger charge is -2.27. The standard InChI is InChI=1S/C13H22N2OS/c16-12(13(17)15-11-8-5-9-11)14-10-6-3-1-2-4-7-10/h10-11H,1-9H2,(H,14,16)(H,15,17). The maximum atomic E-state index is 11.9. The summed E-state index contributed by atoms with van der Waals surface area (Å²) in [6.07, 6.45) is 10.8. The zero-order valence-corrected chi connectivity index (χ0v) is 11.2. The summed E-state index contributed by atoms with van der Waals surface area (Å²) in [4.78, 5) is 12.3. The molecule has 0 unspecified atom stereocenters. The zero-order valence-electron chi connectivity index (χ0n) is 10.3. The molecule has 0 aromatic rings. The average Bonchev–Trinajstić information content (AvgIpc) is 2.51. The average molecular weight is 254 g/mol. The minimum Gasteiger partial charge on any atom is -0.369 e. The lowest BCUT2D eigenvalue weighted by atomic mass is 9.93. The maximum Gasteiger partial charge on any atom is 0.278 e. The number of rotatable bonds is 2. The Labute approximate surface area is 109 Å². The molecule has 0 aromatic carbocycles. The summed E-state index contributed by atoms with van der Waals surface area (Å²) < 4.78 is 0. The van der Waals surface area contributed by atoms with Crippen LogP contribution < -0.4 is 10.6 Å². The predicted octanol–water partition coefficient (Wildman–Crippen LogP) is 2.29. The first-order valence-corrected chi connectivity index (χ1v) is 7.28. The van der Waals surface area contributed by atoms with Gasteiger partial charge in [0.15, 0.2) is 4.99 Å². The van der Waals surface area contributed by atoms with Crippen LogP contribution in [0.2, 0.25) is 0 Å². The van der Waals surface area contributed by atoms with Gasteiger partial charge in [0.05, 0.1) is 0 Å². The molecule has 0 aromatic heterocycles. The molecule has 2 aliphatic carbocycles. The molecule has 17 heavy (non-hydrogen) atoms. The van der Waals surface area contributed by atoms with Crippen molar-refractivity contribution in [1.29, 1.82) is 0 Å². The van der Waals surface area contributed by atoms with Gasteiger partial charge in [0.25, 0.3) is 5.91 Å². The molecule has 0 atom stereocenters. The molecule has 0 spiro atoms. The third-order valence-electron chi connectivity index (χ3n) is 3.84. The Morgan fingerprint density at radius 2 is 1.35 bits per heavy atom. The molecule has 2 fully saturated rings. The Kier molecular flexibility index (Phi) is 4.77. The second-order valence-corrected chi connectivity index (χ2v) is 5.67. The van der Waals surface area contributed by atoms with E-state index in [-0.39, 0.29) is 5.91 Å². The minimum atomic E-state index is -0.0706. The van der Waals surface area contributed by atoms with E-state index < -0.39 is 0 Å². The largest absolute Gasteiger partial charge is 0.369 e. The number of carbonyl (C=O) groups excluding carboxylic acids is 1. The van der Waals surface area contributed by atoms with E-state index in [1.807, 2.05) is 0 Å².